The average Bonchev–Trinajstić information content (AvgIpc) is 3.13. The molecule has 178 valence electrons. The first kappa shape index (κ1) is 27.4. The minimum Gasteiger partial charge on any atom is -0.356 e. The van der Waals surface area contributed by atoms with Crippen molar-refractivity contribution in [3.63, 3.8) is 0 Å². The Morgan fingerprint density at radius 1 is 0.433 bits per heavy atom. The summed E-state index contributed by atoms with van der Waals surface area (Å²) >= 11 is 0. The second-order valence-corrected chi connectivity index (χ2v) is 9.70. The third-order valence-electron chi connectivity index (χ3n) is 6.78. The first-order valence-electron chi connectivity index (χ1n) is 14.0. The van der Waals surface area contributed by atoms with E-state index < -0.39 is 0 Å². The van der Waals surface area contributed by atoms with E-state index in [1.54, 1.807) is 0 Å². The maximum atomic E-state index is 2.62. The predicted octanol–water partition coefficient (Wildman–Crippen LogP) is 9.26. The molecule has 1 aliphatic heterocycles. The van der Waals surface area contributed by atoms with Crippen molar-refractivity contribution < 1.29 is 0 Å². The van der Waals surface area contributed by atoms with Crippen LogP contribution in [0, 0.1) is 0 Å². The molecule has 0 radical (unpaired) electrons. The molecule has 0 fully saturated rings. The van der Waals surface area contributed by atoms with Gasteiger partial charge in [-0.25, -0.2) is 0 Å². The molecule has 0 amide bonds. The molecule has 0 spiro atoms. The molecule has 1 aliphatic rings. The smallest absolute Gasteiger partial charge is 0.101 e. The van der Waals surface area contributed by atoms with Gasteiger partial charge < -0.3 is 9.80 Å². The van der Waals surface area contributed by atoms with Gasteiger partial charge in [0, 0.05) is 25.5 Å². The zero-order valence-corrected chi connectivity index (χ0v) is 21.2. The van der Waals surface area contributed by atoms with E-state index >= 15 is 0 Å². The molecule has 0 aromatic carbocycles. The van der Waals surface area contributed by atoms with Crippen LogP contribution in [-0.2, 0) is 0 Å². The highest BCUT2D eigenvalue weighted by Crippen LogP contribution is 2.23. The molecule has 2 heteroatoms. The van der Waals surface area contributed by atoms with Crippen LogP contribution in [0.15, 0.2) is 12.4 Å². The Bertz CT molecular complexity index is 379. The fourth-order valence-electron chi connectivity index (χ4n) is 4.84. The fourth-order valence-corrected chi connectivity index (χ4v) is 4.84. The number of unbranched alkanes of at least 4 members (excludes halogenated alkanes) is 16. The second kappa shape index (κ2) is 20.3. The number of hydrogen-bond acceptors (Lipinski definition) is 2. The van der Waals surface area contributed by atoms with Crippen LogP contribution in [0.1, 0.15) is 149 Å². The SMILES string of the molecule is CCCCCCCCCCCCCCCCCC1N(CCC)C=CN1CCCCC. The summed E-state index contributed by atoms with van der Waals surface area (Å²) in [5, 5.41) is 0. The van der Waals surface area contributed by atoms with E-state index in [1.807, 2.05) is 0 Å². The lowest BCUT2D eigenvalue weighted by Gasteiger charge is -2.33. The molecule has 1 heterocycles. The summed E-state index contributed by atoms with van der Waals surface area (Å²) in [7, 11) is 0. The van der Waals surface area contributed by atoms with E-state index in [0.717, 1.165) is 0 Å². The Morgan fingerprint density at radius 2 is 0.833 bits per heavy atom. The summed E-state index contributed by atoms with van der Waals surface area (Å²) in [6.07, 6.45) is 33.8. The molecule has 0 N–H and O–H groups in total. The number of rotatable bonds is 22. The summed E-state index contributed by atoms with van der Waals surface area (Å²) < 4.78 is 0. The van der Waals surface area contributed by atoms with Crippen LogP contribution in [0.4, 0.5) is 0 Å². The van der Waals surface area contributed by atoms with Crippen molar-refractivity contribution in [2.45, 2.75) is 155 Å². The van der Waals surface area contributed by atoms with Crippen molar-refractivity contribution in [2.75, 3.05) is 13.1 Å². The van der Waals surface area contributed by atoms with Crippen LogP contribution in [0.3, 0.4) is 0 Å². The summed E-state index contributed by atoms with van der Waals surface area (Å²) in [5.74, 6) is 0. The molecule has 1 rings (SSSR count). The van der Waals surface area contributed by atoms with Gasteiger partial charge in [0.25, 0.3) is 0 Å². The van der Waals surface area contributed by atoms with E-state index in [0.29, 0.717) is 6.17 Å². The van der Waals surface area contributed by atoms with Crippen LogP contribution in [0.25, 0.3) is 0 Å². The van der Waals surface area contributed by atoms with Gasteiger partial charge in [-0.15, -0.1) is 0 Å². The molecule has 0 aliphatic carbocycles. The topological polar surface area (TPSA) is 6.48 Å². The maximum absolute atomic E-state index is 2.62. The van der Waals surface area contributed by atoms with Crippen LogP contribution in [-0.4, -0.2) is 29.1 Å². The molecule has 0 saturated heterocycles. The third-order valence-corrected chi connectivity index (χ3v) is 6.78. The molecule has 1 unspecified atom stereocenters. The first-order chi connectivity index (χ1) is 14.8. The minimum absolute atomic E-state index is 0.642. The molecule has 0 aromatic rings. The summed E-state index contributed by atoms with van der Waals surface area (Å²) in [5.41, 5.74) is 0. The molecule has 0 saturated carbocycles. The highest BCUT2D eigenvalue weighted by molar-refractivity contribution is 4.96. The molecule has 1 atom stereocenters. The largest absolute Gasteiger partial charge is 0.356 e. The van der Waals surface area contributed by atoms with Gasteiger partial charge >= 0.3 is 0 Å². The second-order valence-electron chi connectivity index (χ2n) is 9.70. The Kier molecular flexibility index (Phi) is 18.5. The lowest BCUT2D eigenvalue weighted by Crippen LogP contribution is -2.39. The van der Waals surface area contributed by atoms with E-state index in [1.165, 1.54) is 142 Å². The number of hydrogen-bond donors (Lipinski definition) is 0. The zero-order chi connectivity index (χ0) is 21.7. The molecular formula is C28H56N2. The highest BCUT2D eigenvalue weighted by atomic mass is 15.4. The van der Waals surface area contributed by atoms with Gasteiger partial charge in [-0.2, -0.15) is 0 Å². The van der Waals surface area contributed by atoms with Gasteiger partial charge in [-0.1, -0.05) is 124 Å². The van der Waals surface area contributed by atoms with E-state index in [9.17, 15) is 0 Å². The van der Waals surface area contributed by atoms with Crippen LogP contribution >= 0.6 is 0 Å². The maximum Gasteiger partial charge on any atom is 0.101 e. The minimum atomic E-state index is 0.642. The van der Waals surface area contributed by atoms with E-state index in [4.69, 9.17) is 0 Å². The first-order valence-corrected chi connectivity index (χ1v) is 14.0. The normalized spacial score (nSPS) is 16.2. The molecular weight excluding hydrogens is 364 g/mol. The summed E-state index contributed by atoms with van der Waals surface area (Å²) in [6.45, 7) is 9.36. The Labute approximate surface area is 190 Å². The third kappa shape index (κ3) is 13.6. The van der Waals surface area contributed by atoms with Crippen molar-refractivity contribution >= 4 is 0 Å². The van der Waals surface area contributed by atoms with Gasteiger partial charge in [0.1, 0.15) is 6.17 Å². The molecule has 2 nitrogen and oxygen atoms in total. The standard InChI is InChI=1S/C28H56N2/c1-4-7-9-10-11-12-13-14-15-16-17-18-19-20-21-23-28-29(24-6-3)26-27-30(28)25-22-8-5-2/h26-28H,4-25H2,1-3H3. The summed E-state index contributed by atoms with van der Waals surface area (Å²) in [6, 6.07) is 0. The predicted molar refractivity (Wildman–Crippen MR) is 136 cm³/mol. The molecule has 0 aromatic heterocycles. The van der Waals surface area contributed by atoms with Crippen molar-refractivity contribution in [3.8, 4) is 0 Å². The average molecular weight is 421 g/mol. The molecule has 30 heavy (non-hydrogen) atoms. The molecule has 0 bridgehead atoms. The van der Waals surface area contributed by atoms with E-state index in [2.05, 4.69) is 43.0 Å². The van der Waals surface area contributed by atoms with Crippen LogP contribution in [0.5, 0.6) is 0 Å². The quantitative estimate of drug-likeness (QED) is 0.161. The van der Waals surface area contributed by atoms with Gasteiger partial charge in [0.15, 0.2) is 0 Å². The van der Waals surface area contributed by atoms with Gasteiger partial charge in [-0.05, 0) is 25.7 Å². The Balaban J connectivity index is 1.96. The Hall–Kier alpha value is -0.660. The lowest BCUT2D eigenvalue weighted by molar-refractivity contribution is 0.137. The summed E-state index contributed by atoms with van der Waals surface area (Å²) in [4.78, 5) is 5.21. The van der Waals surface area contributed by atoms with Crippen molar-refractivity contribution in [2.24, 2.45) is 0 Å². The van der Waals surface area contributed by atoms with Crippen LogP contribution < -0.4 is 0 Å². The van der Waals surface area contributed by atoms with Gasteiger partial charge in [0.2, 0.25) is 0 Å². The van der Waals surface area contributed by atoms with Crippen molar-refractivity contribution in [3.05, 3.63) is 12.4 Å². The lowest BCUT2D eigenvalue weighted by atomic mass is 10.0. The number of nitrogens with zero attached hydrogens (tertiary/aromatic N) is 2. The van der Waals surface area contributed by atoms with Crippen molar-refractivity contribution in [1.29, 1.82) is 0 Å². The van der Waals surface area contributed by atoms with E-state index in [-0.39, 0.29) is 0 Å². The van der Waals surface area contributed by atoms with Crippen molar-refractivity contribution in [1.82, 2.24) is 9.80 Å². The highest BCUT2D eigenvalue weighted by Gasteiger charge is 2.24. The monoisotopic (exact) mass is 420 g/mol. The van der Waals surface area contributed by atoms with Gasteiger partial charge in [0.05, 0.1) is 0 Å². The Morgan fingerprint density at radius 3 is 1.30 bits per heavy atom. The zero-order valence-electron chi connectivity index (χ0n) is 21.2. The van der Waals surface area contributed by atoms with Crippen LogP contribution in [0.2, 0.25) is 0 Å². The fraction of sp³-hybridized carbons (Fsp3) is 0.929. The van der Waals surface area contributed by atoms with Gasteiger partial charge in [-0.3, -0.25) is 0 Å².